The topological polar surface area (TPSA) is 43.4 Å². The van der Waals surface area contributed by atoms with Crippen molar-refractivity contribution in [2.75, 3.05) is 0 Å². The maximum Gasteiger partial charge on any atom is 0.305 e. The summed E-state index contributed by atoms with van der Waals surface area (Å²) >= 11 is 0. The average molecular weight is 347 g/mol. The molecule has 0 unspecified atom stereocenters. The molecule has 0 heterocycles. The van der Waals surface area contributed by atoms with Crippen LogP contribution >= 0.6 is 0 Å². The van der Waals surface area contributed by atoms with Crippen LogP contribution < -0.4 is 0 Å². The van der Waals surface area contributed by atoms with Crippen molar-refractivity contribution in [1.29, 1.82) is 0 Å². The first-order valence-corrected chi connectivity index (χ1v) is 10.6. The molecule has 3 nitrogen and oxygen atoms in total. The Balaban J connectivity index is 1.51. The predicted octanol–water partition coefficient (Wildman–Crippen LogP) is 4.92. The second-order valence-corrected chi connectivity index (χ2v) is 9.81. The summed E-state index contributed by atoms with van der Waals surface area (Å²) in [6.07, 6.45) is 10.7. The van der Waals surface area contributed by atoms with Crippen molar-refractivity contribution in [3.63, 3.8) is 0 Å². The highest BCUT2D eigenvalue weighted by Crippen LogP contribution is 2.65. The second kappa shape index (κ2) is 6.09. The summed E-state index contributed by atoms with van der Waals surface area (Å²) in [5, 5.41) is 0. The molecule has 25 heavy (non-hydrogen) atoms. The van der Waals surface area contributed by atoms with Gasteiger partial charge < -0.3 is 4.74 Å². The average Bonchev–Trinajstić information content (AvgIpc) is 2.90. The Morgan fingerprint density at radius 2 is 1.88 bits per heavy atom. The van der Waals surface area contributed by atoms with E-state index in [1.807, 2.05) is 6.92 Å². The highest BCUT2D eigenvalue weighted by molar-refractivity contribution is 5.87. The Morgan fingerprint density at radius 1 is 1.08 bits per heavy atom. The largest absolute Gasteiger partial charge is 0.462 e. The van der Waals surface area contributed by atoms with Gasteiger partial charge in [-0.3, -0.25) is 9.59 Å². The number of rotatable bonds is 2. The molecule has 0 aromatic heterocycles. The fourth-order valence-electron chi connectivity index (χ4n) is 7.37. The maximum atomic E-state index is 12.5. The first kappa shape index (κ1) is 17.5. The van der Waals surface area contributed by atoms with Crippen molar-refractivity contribution < 1.29 is 14.3 Å². The Bertz CT molecular complexity index is 570. The summed E-state index contributed by atoms with van der Waals surface area (Å²) in [4.78, 5) is 24.2. The van der Waals surface area contributed by atoms with Gasteiger partial charge in [-0.05, 0) is 80.5 Å². The smallest absolute Gasteiger partial charge is 0.305 e. The van der Waals surface area contributed by atoms with Crippen LogP contribution in [0.3, 0.4) is 0 Å². The van der Waals surface area contributed by atoms with Gasteiger partial charge in [-0.15, -0.1) is 0 Å². The third kappa shape index (κ3) is 2.59. The van der Waals surface area contributed by atoms with E-state index in [2.05, 4.69) is 13.8 Å². The molecule has 4 aliphatic rings. The number of fused-ring (bicyclic) bond motifs is 5. The molecule has 4 rings (SSSR count). The van der Waals surface area contributed by atoms with Crippen molar-refractivity contribution in [1.82, 2.24) is 0 Å². The standard InChI is InChI=1S/C22H34O3/c1-4-20(24)25-15-9-11-21(2)14(13-15)5-6-16-17-7-8-19(23)22(17,3)12-10-18(16)21/h14-18H,4-13H2,1-3H3/t14-,15+,16+,17+,18+,21-,22-/m0/s1. The summed E-state index contributed by atoms with van der Waals surface area (Å²) < 4.78 is 5.69. The highest BCUT2D eigenvalue weighted by Gasteiger charge is 2.60. The zero-order chi connectivity index (χ0) is 17.8. The van der Waals surface area contributed by atoms with E-state index in [0.29, 0.717) is 29.5 Å². The van der Waals surface area contributed by atoms with Gasteiger partial charge in [0.25, 0.3) is 0 Å². The van der Waals surface area contributed by atoms with E-state index in [-0.39, 0.29) is 17.5 Å². The van der Waals surface area contributed by atoms with E-state index in [1.54, 1.807) is 0 Å². The minimum atomic E-state index is -0.0415. The first-order valence-electron chi connectivity index (χ1n) is 10.6. The van der Waals surface area contributed by atoms with Crippen molar-refractivity contribution in [2.24, 2.45) is 34.5 Å². The summed E-state index contributed by atoms with van der Waals surface area (Å²) in [6, 6.07) is 0. The molecule has 4 fully saturated rings. The van der Waals surface area contributed by atoms with E-state index in [4.69, 9.17) is 4.74 Å². The quantitative estimate of drug-likeness (QED) is 0.667. The Kier molecular flexibility index (Phi) is 4.28. The van der Waals surface area contributed by atoms with Gasteiger partial charge in [0.05, 0.1) is 0 Å². The fourth-order valence-corrected chi connectivity index (χ4v) is 7.37. The molecule has 0 saturated heterocycles. The predicted molar refractivity (Wildman–Crippen MR) is 96.9 cm³/mol. The molecule has 3 heteroatoms. The Hall–Kier alpha value is -0.860. The van der Waals surface area contributed by atoms with Gasteiger partial charge >= 0.3 is 5.97 Å². The molecule has 0 aromatic rings. The lowest BCUT2D eigenvalue weighted by molar-refractivity contribution is -0.161. The van der Waals surface area contributed by atoms with Crippen molar-refractivity contribution in [3.05, 3.63) is 0 Å². The maximum absolute atomic E-state index is 12.5. The van der Waals surface area contributed by atoms with Gasteiger partial charge in [-0.1, -0.05) is 20.8 Å². The van der Waals surface area contributed by atoms with E-state index < -0.39 is 0 Å². The van der Waals surface area contributed by atoms with Crippen molar-refractivity contribution in [3.8, 4) is 0 Å². The third-order valence-corrected chi connectivity index (χ3v) is 8.91. The third-order valence-electron chi connectivity index (χ3n) is 8.91. The molecule has 0 amide bonds. The van der Waals surface area contributed by atoms with Crippen LogP contribution in [0.5, 0.6) is 0 Å². The van der Waals surface area contributed by atoms with Crippen molar-refractivity contribution >= 4 is 11.8 Å². The Labute approximate surface area is 152 Å². The molecule has 4 saturated carbocycles. The van der Waals surface area contributed by atoms with Crippen LogP contribution in [-0.2, 0) is 14.3 Å². The minimum Gasteiger partial charge on any atom is -0.462 e. The van der Waals surface area contributed by atoms with E-state index in [9.17, 15) is 9.59 Å². The van der Waals surface area contributed by atoms with Crippen LogP contribution in [0.2, 0.25) is 0 Å². The number of ketones is 1. The normalized spacial score (nSPS) is 49.1. The lowest BCUT2D eigenvalue weighted by atomic mass is 9.45. The fraction of sp³-hybridized carbons (Fsp3) is 0.909. The number of Topliss-reactive ketones (excluding diaryl/α,β-unsaturated/α-hetero) is 1. The minimum absolute atomic E-state index is 0.0157. The second-order valence-electron chi connectivity index (χ2n) is 9.81. The number of esters is 1. The van der Waals surface area contributed by atoms with Gasteiger partial charge in [0, 0.05) is 18.3 Å². The van der Waals surface area contributed by atoms with Crippen LogP contribution in [0.4, 0.5) is 0 Å². The number of hydrogen-bond acceptors (Lipinski definition) is 3. The van der Waals surface area contributed by atoms with Gasteiger partial charge in [-0.25, -0.2) is 0 Å². The van der Waals surface area contributed by atoms with Crippen LogP contribution in [0.1, 0.15) is 85.0 Å². The van der Waals surface area contributed by atoms with Gasteiger partial charge in [0.15, 0.2) is 0 Å². The van der Waals surface area contributed by atoms with Crippen LogP contribution in [0, 0.1) is 34.5 Å². The van der Waals surface area contributed by atoms with Crippen molar-refractivity contribution in [2.45, 2.75) is 91.1 Å². The van der Waals surface area contributed by atoms with E-state index in [1.165, 1.54) is 25.7 Å². The molecule has 0 spiro atoms. The van der Waals surface area contributed by atoms with Crippen LogP contribution in [0.25, 0.3) is 0 Å². The van der Waals surface area contributed by atoms with Gasteiger partial charge in [0.1, 0.15) is 11.9 Å². The number of carbonyl (C=O) groups is 2. The molecule has 140 valence electrons. The number of carbonyl (C=O) groups excluding carboxylic acids is 2. The molecule has 0 N–H and O–H groups in total. The molecule has 4 aliphatic carbocycles. The van der Waals surface area contributed by atoms with Crippen LogP contribution in [0.15, 0.2) is 0 Å². The monoisotopic (exact) mass is 346 g/mol. The number of hydrogen-bond donors (Lipinski definition) is 0. The lowest BCUT2D eigenvalue weighted by Crippen LogP contribution is -2.54. The van der Waals surface area contributed by atoms with Gasteiger partial charge in [-0.2, -0.15) is 0 Å². The van der Waals surface area contributed by atoms with E-state index >= 15 is 0 Å². The highest BCUT2D eigenvalue weighted by atomic mass is 16.5. The SMILES string of the molecule is CCC(=O)O[C@@H]1CC[C@@]2(C)[C@@H](CC[C@H]3[C@H]2CC[C@]2(C)C(=O)CC[C@H]32)C1. The molecule has 7 atom stereocenters. The zero-order valence-electron chi connectivity index (χ0n) is 16.2. The molecule has 0 aliphatic heterocycles. The molecule has 0 radical (unpaired) electrons. The first-order chi connectivity index (χ1) is 11.9. The van der Waals surface area contributed by atoms with Gasteiger partial charge in [0.2, 0.25) is 0 Å². The number of ether oxygens (including phenoxy) is 1. The lowest BCUT2D eigenvalue weighted by Gasteiger charge is -2.60. The summed E-state index contributed by atoms with van der Waals surface area (Å²) in [5.41, 5.74) is 0.378. The summed E-state index contributed by atoms with van der Waals surface area (Å²) in [6.45, 7) is 6.66. The molecular weight excluding hydrogens is 312 g/mol. The molecule has 0 bridgehead atoms. The zero-order valence-corrected chi connectivity index (χ0v) is 16.2. The summed E-state index contributed by atoms with van der Waals surface area (Å²) in [5.74, 6) is 3.35. The molecular formula is C22H34O3. The van der Waals surface area contributed by atoms with E-state index in [0.717, 1.165) is 43.9 Å². The molecule has 0 aromatic carbocycles. The summed E-state index contributed by atoms with van der Waals surface area (Å²) in [7, 11) is 0. The Morgan fingerprint density at radius 3 is 2.64 bits per heavy atom. The van der Waals surface area contributed by atoms with Crippen LogP contribution in [-0.4, -0.2) is 17.9 Å².